The van der Waals surface area contributed by atoms with Crippen LogP contribution in [0.15, 0.2) is 52.0 Å². The highest BCUT2D eigenvalue weighted by Crippen LogP contribution is 2.34. The third kappa shape index (κ3) is 3.29. The van der Waals surface area contributed by atoms with Crippen LogP contribution in [0.3, 0.4) is 0 Å². The molecule has 1 aromatic heterocycles. The van der Waals surface area contributed by atoms with E-state index in [1.165, 1.54) is 3.97 Å². The Labute approximate surface area is 173 Å². The number of aryl methyl sites for hydroxylation is 1. The van der Waals surface area contributed by atoms with Crippen molar-refractivity contribution >= 4 is 42.5 Å². The summed E-state index contributed by atoms with van der Waals surface area (Å²) in [5.41, 5.74) is 2.38. The van der Waals surface area contributed by atoms with Crippen LogP contribution >= 0.6 is 15.9 Å². The van der Waals surface area contributed by atoms with Crippen molar-refractivity contribution in [3.8, 4) is 5.75 Å². The van der Waals surface area contributed by atoms with Crippen LogP contribution in [0.4, 0.5) is 5.69 Å². The van der Waals surface area contributed by atoms with Gasteiger partial charge in [-0.1, -0.05) is 22.0 Å². The minimum atomic E-state index is -3.75. The SMILES string of the molecule is COc1ccc(S(=O)(=O)n2cc(C)c3ccc(Br)cc32)cc1N1CCNCC1. The van der Waals surface area contributed by atoms with E-state index in [0.29, 0.717) is 11.3 Å². The second-order valence-electron chi connectivity index (χ2n) is 6.85. The predicted octanol–water partition coefficient (Wildman–Crippen LogP) is 3.37. The lowest BCUT2D eigenvalue weighted by Gasteiger charge is -2.30. The molecule has 1 N–H and O–H groups in total. The molecule has 0 aliphatic carbocycles. The molecule has 4 rings (SSSR count). The van der Waals surface area contributed by atoms with Crippen molar-refractivity contribution in [1.29, 1.82) is 0 Å². The molecule has 148 valence electrons. The molecule has 1 fully saturated rings. The van der Waals surface area contributed by atoms with Crippen LogP contribution in [-0.4, -0.2) is 45.7 Å². The summed E-state index contributed by atoms with van der Waals surface area (Å²) >= 11 is 3.44. The molecule has 0 saturated carbocycles. The summed E-state index contributed by atoms with van der Waals surface area (Å²) in [6.45, 7) is 5.24. The number of benzene rings is 2. The summed E-state index contributed by atoms with van der Waals surface area (Å²) in [7, 11) is -2.14. The van der Waals surface area contributed by atoms with E-state index in [2.05, 4.69) is 26.1 Å². The van der Waals surface area contributed by atoms with Crippen molar-refractivity contribution in [1.82, 2.24) is 9.29 Å². The summed E-state index contributed by atoms with van der Waals surface area (Å²) in [5.74, 6) is 0.678. The molecular formula is C20H22BrN3O3S. The first-order valence-corrected chi connectivity index (χ1v) is 11.3. The van der Waals surface area contributed by atoms with Gasteiger partial charge in [0.1, 0.15) is 5.75 Å². The Bertz CT molecular complexity index is 1140. The van der Waals surface area contributed by atoms with Crippen LogP contribution in [-0.2, 0) is 10.0 Å². The van der Waals surface area contributed by atoms with Crippen molar-refractivity contribution in [3.05, 3.63) is 52.6 Å². The largest absolute Gasteiger partial charge is 0.495 e. The van der Waals surface area contributed by atoms with E-state index in [0.717, 1.165) is 47.3 Å². The Morgan fingerprint density at radius 2 is 1.86 bits per heavy atom. The van der Waals surface area contributed by atoms with E-state index in [1.807, 2.05) is 25.1 Å². The average molecular weight is 464 g/mol. The van der Waals surface area contributed by atoms with Gasteiger partial charge in [0.05, 0.1) is 23.2 Å². The van der Waals surface area contributed by atoms with Crippen LogP contribution < -0.4 is 15.0 Å². The minimum absolute atomic E-state index is 0.249. The Hall–Kier alpha value is -2.03. The van der Waals surface area contributed by atoms with Gasteiger partial charge in [0.25, 0.3) is 10.0 Å². The monoisotopic (exact) mass is 463 g/mol. The van der Waals surface area contributed by atoms with Gasteiger partial charge in [0.2, 0.25) is 0 Å². The second-order valence-corrected chi connectivity index (χ2v) is 9.58. The summed E-state index contributed by atoms with van der Waals surface area (Å²) in [6.07, 6.45) is 1.68. The molecule has 2 aromatic carbocycles. The van der Waals surface area contributed by atoms with E-state index in [-0.39, 0.29) is 4.90 Å². The lowest BCUT2D eigenvalue weighted by Crippen LogP contribution is -2.43. The van der Waals surface area contributed by atoms with Gasteiger partial charge in [-0.2, -0.15) is 0 Å². The maximum Gasteiger partial charge on any atom is 0.268 e. The summed E-state index contributed by atoms with van der Waals surface area (Å²) in [4.78, 5) is 2.41. The van der Waals surface area contributed by atoms with E-state index in [4.69, 9.17) is 4.74 Å². The molecule has 1 aliphatic rings. The summed E-state index contributed by atoms with van der Waals surface area (Å²) < 4.78 is 34.7. The van der Waals surface area contributed by atoms with Gasteiger partial charge in [-0.25, -0.2) is 12.4 Å². The average Bonchev–Trinajstić information content (AvgIpc) is 3.04. The van der Waals surface area contributed by atoms with Gasteiger partial charge in [-0.15, -0.1) is 0 Å². The number of rotatable bonds is 4. The van der Waals surface area contributed by atoms with Crippen LogP contribution in [0.2, 0.25) is 0 Å². The highest BCUT2D eigenvalue weighted by atomic mass is 79.9. The van der Waals surface area contributed by atoms with Gasteiger partial charge >= 0.3 is 0 Å². The fourth-order valence-electron chi connectivity index (χ4n) is 3.63. The number of piperazine rings is 1. The third-order valence-corrected chi connectivity index (χ3v) is 7.26. The van der Waals surface area contributed by atoms with Gasteiger partial charge in [0.15, 0.2) is 0 Å². The fourth-order valence-corrected chi connectivity index (χ4v) is 5.41. The normalized spacial score (nSPS) is 15.2. The van der Waals surface area contributed by atoms with Crippen molar-refractivity contribution in [3.63, 3.8) is 0 Å². The molecule has 0 radical (unpaired) electrons. The van der Waals surface area contributed by atoms with Crippen molar-refractivity contribution in [2.75, 3.05) is 38.2 Å². The zero-order chi connectivity index (χ0) is 19.9. The predicted molar refractivity (Wildman–Crippen MR) is 115 cm³/mol. The van der Waals surface area contributed by atoms with E-state index >= 15 is 0 Å². The maximum absolute atomic E-state index is 13.5. The summed E-state index contributed by atoms with van der Waals surface area (Å²) in [6, 6.07) is 10.8. The molecule has 2 heterocycles. The van der Waals surface area contributed by atoms with Crippen LogP contribution in [0.5, 0.6) is 5.75 Å². The molecule has 0 bridgehead atoms. The molecule has 8 heteroatoms. The molecule has 0 amide bonds. The molecule has 3 aromatic rings. The molecule has 0 unspecified atom stereocenters. The van der Waals surface area contributed by atoms with Crippen molar-refractivity contribution < 1.29 is 13.2 Å². The lowest BCUT2D eigenvalue weighted by atomic mass is 10.2. The smallest absolute Gasteiger partial charge is 0.268 e. The number of nitrogens with zero attached hydrogens (tertiary/aromatic N) is 2. The van der Waals surface area contributed by atoms with Gasteiger partial charge in [0, 0.05) is 42.2 Å². The number of methoxy groups -OCH3 is 1. The maximum atomic E-state index is 13.5. The highest BCUT2D eigenvalue weighted by molar-refractivity contribution is 9.10. The van der Waals surface area contributed by atoms with Crippen molar-refractivity contribution in [2.45, 2.75) is 11.8 Å². The number of halogens is 1. The number of anilines is 1. The first-order valence-electron chi connectivity index (χ1n) is 9.08. The Balaban J connectivity index is 1.85. The second kappa shape index (κ2) is 7.42. The van der Waals surface area contributed by atoms with E-state index < -0.39 is 10.0 Å². The number of hydrogen-bond donors (Lipinski definition) is 1. The standard InChI is InChI=1S/C20H22BrN3O3S/c1-14-13-24(18-11-15(21)3-5-17(14)18)28(25,26)16-4-6-20(27-2)19(12-16)23-9-7-22-8-10-23/h3-6,11-13,22H,7-10H2,1-2H3. The molecule has 6 nitrogen and oxygen atoms in total. The number of aromatic nitrogens is 1. The van der Waals surface area contributed by atoms with E-state index in [1.54, 1.807) is 31.5 Å². The zero-order valence-corrected chi connectivity index (χ0v) is 18.2. The molecule has 0 spiro atoms. The van der Waals surface area contributed by atoms with Crippen LogP contribution in [0.25, 0.3) is 10.9 Å². The number of hydrogen-bond acceptors (Lipinski definition) is 5. The topological polar surface area (TPSA) is 63.6 Å². The highest BCUT2D eigenvalue weighted by Gasteiger charge is 2.24. The lowest BCUT2D eigenvalue weighted by molar-refractivity contribution is 0.412. The minimum Gasteiger partial charge on any atom is -0.495 e. The first-order chi connectivity index (χ1) is 13.4. The fraction of sp³-hybridized carbons (Fsp3) is 0.300. The number of ether oxygens (including phenoxy) is 1. The van der Waals surface area contributed by atoms with Crippen molar-refractivity contribution in [2.24, 2.45) is 0 Å². The van der Waals surface area contributed by atoms with Crippen LogP contribution in [0, 0.1) is 6.92 Å². The molecule has 1 saturated heterocycles. The Morgan fingerprint density at radius 1 is 1.11 bits per heavy atom. The number of fused-ring (bicyclic) bond motifs is 1. The number of nitrogens with one attached hydrogen (secondary N) is 1. The molecule has 0 atom stereocenters. The Morgan fingerprint density at radius 3 is 2.57 bits per heavy atom. The first kappa shape index (κ1) is 19.3. The summed E-state index contributed by atoms with van der Waals surface area (Å²) in [5, 5.41) is 4.23. The zero-order valence-electron chi connectivity index (χ0n) is 15.8. The van der Waals surface area contributed by atoms with Gasteiger partial charge in [-0.05, 0) is 42.8 Å². The van der Waals surface area contributed by atoms with Gasteiger partial charge in [-0.3, -0.25) is 0 Å². The van der Waals surface area contributed by atoms with Gasteiger partial charge < -0.3 is 15.0 Å². The third-order valence-electron chi connectivity index (χ3n) is 5.10. The Kier molecular flexibility index (Phi) is 5.11. The quantitative estimate of drug-likeness (QED) is 0.642. The molecule has 28 heavy (non-hydrogen) atoms. The molecule has 1 aliphatic heterocycles. The molecular weight excluding hydrogens is 442 g/mol. The van der Waals surface area contributed by atoms with E-state index in [9.17, 15) is 8.42 Å². The van der Waals surface area contributed by atoms with Crippen LogP contribution in [0.1, 0.15) is 5.56 Å².